The molecular formula is C15H21ClN4O4. The Morgan fingerprint density at radius 1 is 1.50 bits per heavy atom. The number of carbonyl (C=O) groups is 1. The Morgan fingerprint density at radius 2 is 2.33 bits per heavy atom. The zero-order valence-electron chi connectivity index (χ0n) is 13.2. The molecule has 1 aromatic rings. The van der Waals surface area contributed by atoms with Crippen LogP contribution < -0.4 is 10.6 Å². The van der Waals surface area contributed by atoms with E-state index in [1.165, 1.54) is 6.20 Å². The topological polar surface area (TPSA) is 106 Å². The number of hydrogen-bond acceptors (Lipinski definition) is 7. The maximum atomic E-state index is 11.8. The van der Waals surface area contributed by atoms with Gasteiger partial charge >= 0.3 is 0 Å². The molecule has 3 rings (SSSR count). The number of anilines is 1. The molecule has 1 saturated heterocycles. The second-order valence-corrected chi connectivity index (χ2v) is 6.66. The minimum atomic E-state index is -0.907. The van der Waals surface area contributed by atoms with Gasteiger partial charge in [-0.3, -0.25) is 9.78 Å². The van der Waals surface area contributed by atoms with Crippen molar-refractivity contribution in [3.8, 4) is 0 Å². The van der Waals surface area contributed by atoms with E-state index in [-0.39, 0.29) is 31.2 Å². The highest BCUT2D eigenvalue weighted by molar-refractivity contribution is 6.29. The second-order valence-electron chi connectivity index (χ2n) is 6.27. The number of nitrogens with zero attached hydrogens (tertiary/aromatic N) is 2. The van der Waals surface area contributed by atoms with E-state index in [4.69, 9.17) is 21.1 Å². The number of aromatic nitrogens is 2. The molecule has 1 amide bonds. The Balaban J connectivity index is 1.34. The van der Waals surface area contributed by atoms with E-state index in [0.717, 1.165) is 6.42 Å². The number of amides is 1. The lowest BCUT2D eigenvalue weighted by atomic mass is 9.75. The molecular weight excluding hydrogens is 336 g/mol. The summed E-state index contributed by atoms with van der Waals surface area (Å²) in [4.78, 5) is 19.8. The SMILES string of the molecule is O=C(COC1CCOC1)NCC1(O)CC(Nc2cncc(Cl)n2)C1. The molecule has 0 radical (unpaired) electrons. The summed E-state index contributed by atoms with van der Waals surface area (Å²) < 4.78 is 10.6. The molecule has 1 unspecified atom stereocenters. The van der Waals surface area contributed by atoms with Gasteiger partial charge in [0, 0.05) is 19.2 Å². The molecule has 1 saturated carbocycles. The van der Waals surface area contributed by atoms with E-state index in [0.29, 0.717) is 37.0 Å². The van der Waals surface area contributed by atoms with Crippen molar-refractivity contribution in [2.75, 3.05) is 31.7 Å². The fraction of sp³-hybridized carbons (Fsp3) is 0.667. The number of ether oxygens (including phenoxy) is 2. The van der Waals surface area contributed by atoms with Gasteiger partial charge in [-0.2, -0.15) is 0 Å². The summed E-state index contributed by atoms with van der Waals surface area (Å²) in [5, 5.41) is 16.5. The zero-order valence-corrected chi connectivity index (χ0v) is 14.0. The van der Waals surface area contributed by atoms with Gasteiger partial charge in [0.1, 0.15) is 17.6 Å². The highest BCUT2D eigenvalue weighted by Crippen LogP contribution is 2.33. The third kappa shape index (κ3) is 4.76. The second kappa shape index (κ2) is 7.60. The molecule has 0 aromatic carbocycles. The molecule has 132 valence electrons. The van der Waals surface area contributed by atoms with Gasteiger partial charge in [0.05, 0.1) is 30.7 Å². The van der Waals surface area contributed by atoms with E-state index >= 15 is 0 Å². The van der Waals surface area contributed by atoms with Crippen LogP contribution in [-0.2, 0) is 14.3 Å². The van der Waals surface area contributed by atoms with Crippen molar-refractivity contribution < 1.29 is 19.4 Å². The number of nitrogens with one attached hydrogen (secondary N) is 2. The van der Waals surface area contributed by atoms with Crippen molar-refractivity contribution in [1.82, 2.24) is 15.3 Å². The van der Waals surface area contributed by atoms with Crippen LogP contribution in [0.2, 0.25) is 5.15 Å². The first-order valence-electron chi connectivity index (χ1n) is 7.95. The van der Waals surface area contributed by atoms with Crippen molar-refractivity contribution >= 4 is 23.3 Å². The Labute approximate surface area is 144 Å². The minimum absolute atomic E-state index is 0.00470. The van der Waals surface area contributed by atoms with Gasteiger partial charge < -0.3 is 25.2 Å². The van der Waals surface area contributed by atoms with Crippen LogP contribution in [0, 0.1) is 0 Å². The van der Waals surface area contributed by atoms with E-state index in [9.17, 15) is 9.90 Å². The standard InChI is InChI=1S/C15H21ClN4O4/c16-12-5-17-6-13(20-12)19-10-3-15(22,4-10)9-18-14(21)8-24-11-1-2-23-7-11/h5-6,10-11,22H,1-4,7-9H2,(H,18,21)(H,19,20). The fourth-order valence-electron chi connectivity index (χ4n) is 2.88. The molecule has 0 spiro atoms. The van der Waals surface area contributed by atoms with E-state index in [1.54, 1.807) is 6.20 Å². The van der Waals surface area contributed by atoms with Crippen molar-refractivity contribution in [1.29, 1.82) is 0 Å². The number of hydrogen-bond donors (Lipinski definition) is 3. The van der Waals surface area contributed by atoms with Crippen molar-refractivity contribution in [2.24, 2.45) is 0 Å². The summed E-state index contributed by atoms with van der Waals surface area (Å²) >= 11 is 5.78. The third-order valence-corrected chi connectivity index (χ3v) is 4.34. The zero-order chi connectivity index (χ0) is 17.0. The number of carbonyl (C=O) groups excluding carboxylic acids is 1. The van der Waals surface area contributed by atoms with Crippen molar-refractivity contribution in [3.05, 3.63) is 17.5 Å². The van der Waals surface area contributed by atoms with E-state index < -0.39 is 5.60 Å². The van der Waals surface area contributed by atoms with Crippen LogP contribution in [0.1, 0.15) is 19.3 Å². The average molecular weight is 357 g/mol. The van der Waals surface area contributed by atoms with Crippen LogP contribution in [0.15, 0.2) is 12.4 Å². The van der Waals surface area contributed by atoms with Crippen molar-refractivity contribution in [3.63, 3.8) is 0 Å². The largest absolute Gasteiger partial charge is 0.388 e. The van der Waals surface area contributed by atoms with Crippen LogP contribution in [0.4, 0.5) is 5.82 Å². The molecule has 1 aromatic heterocycles. The van der Waals surface area contributed by atoms with Gasteiger partial charge in [-0.15, -0.1) is 0 Å². The number of aliphatic hydroxyl groups is 1. The Kier molecular flexibility index (Phi) is 5.50. The van der Waals surface area contributed by atoms with Gasteiger partial charge in [0.2, 0.25) is 5.91 Å². The van der Waals surface area contributed by atoms with Gasteiger partial charge in [-0.1, -0.05) is 11.6 Å². The molecule has 24 heavy (non-hydrogen) atoms. The highest BCUT2D eigenvalue weighted by Gasteiger charge is 2.43. The normalized spacial score (nSPS) is 29.1. The predicted octanol–water partition coefficient (Wildman–Crippen LogP) is 0.357. The maximum absolute atomic E-state index is 11.8. The maximum Gasteiger partial charge on any atom is 0.246 e. The van der Waals surface area contributed by atoms with Crippen LogP contribution in [-0.4, -0.2) is 65.1 Å². The molecule has 2 aliphatic rings. The molecule has 9 heteroatoms. The van der Waals surface area contributed by atoms with E-state index in [2.05, 4.69) is 20.6 Å². The van der Waals surface area contributed by atoms with E-state index in [1.807, 2.05) is 0 Å². The Hall–Kier alpha value is -1.48. The number of halogens is 1. The smallest absolute Gasteiger partial charge is 0.246 e. The quantitative estimate of drug-likeness (QED) is 0.647. The minimum Gasteiger partial charge on any atom is -0.388 e. The van der Waals surface area contributed by atoms with Gasteiger partial charge in [0.15, 0.2) is 0 Å². The van der Waals surface area contributed by atoms with Crippen molar-refractivity contribution in [2.45, 2.75) is 37.0 Å². The summed E-state index contributed by atoms with van der Waals surface area (Å²) in [5.74, 6) is 0.346. The van der Waals surface area contributed by atoms with Crippen LogP contribution in [0.25, 0.3) is 0 Å². The monoisotopic (exact) mass is 356 g/mol. The van der Waals surface area contributed by atoms with Crippen LogP contribution in [0.5, 0.6) is 0 Å². The van der Waals surface area contributed by atoms with Gasteiger partial charge in [-0.25, -0.2) is 4.98 Å². The lowest BCUT2D eigenvalue weighted by molar-refractivity contribution is -0.130. The summed E-state index contributed by atoms with van der Waals surface area (Å²) in [7, 11) is 0. The first-order valence-corrected chi connectivity index (χ1v) is 8.33. The lowest BCUT2D eigenvalue weighted by Crippen LogP contribution is -2.57. The molecule has 1 aliphatic carbocycles. The molecule has 3 N–H and O–H groups in total. The molecule has 8 nitrogen and oxygen atoms in total. The molecule has 2 heterocycles. The summed E-state index contributed by atoms with van der Waals surface area (Å²) in [5.41, 5.74) is -0.907. The first-order chi connectivity index (χ1) is 11.5. The van der Waals surface area contributed by atoms with Gasteiger partial charge in [0.25, 0.3) is 0 Å². The summed E-state index contributed by atoms with van der Waals surface area (Å²) in [6.07, 6.45) is 4.87. The third-order valence-electron chi connectivity index (χ3n) is 4.16. The van der Waals surface area contributed by atoms with Crippen LogP contribution in [0.3, 0.4) is 0 Å². The van der Waals surface area contributed by atoms with Crippen LogP contribution >= 0.6 is 11.6 Å². The summed E-state index contributed by atoms with van der Waals surface area (Å²) in [6.45, 7) is 1.41. The highest BCUT2D eigenvalue weighted by atomic mass is 35.5. The number of rotatable bonds is 7. The molecule has 0 bridgehead atoms. The Bertz CT molecular complexity index is 576. The molecule has 1 atom stereocenters. The first kappa shape index (κ1) is 17.3. The fourth-order valence-corrected chi connectivity index (χ4v) is 3.02. The summed E-state index contributed by atoms with van der Waals surface area (Å²) in [6, 6.07) is 0.0755. The molecule has 1 aliphatic heterocycles. The predicted molar refractivity (Wildman–Crippen MR) is 86.8 cm³/mol. The average Bonchev–Trinajstić information content (AvgIpc) is 3.03. The molecule has 2 fully saturated rings. The van der Waals surface area contributed by atoms with Gasteiger partial charge in [-0.05, 0) is 19.3 Å². The Morgan fingerprint density at radius 3 is 3.04 bits per heavy atom. The lowest BCUT2D eigenvalue weighted by Gasteiger charge is -2.44.